The smallest absolute Gasteiger partial charge is 0.290 e. The Morgan fingerprint density at radius 1 is 1.65 bits per heavy atom. The fourth-order valence-corrected chi connectivity index (χ4v) is 1.80. The SMILES string of the molecule is CC1C(=O)NCCN1C(=O)c1ccc(CN)o1. The van der Waals surface area contributed by atoms with Gasteiger partial charge in [-0.15, -0.1) is 0 Å². The second kappa shape index (κ2) is 4.58. The molecule has 0 saturated carbocycles. The van der Waals surface area contributed by atoms with Crippen molar-refractivity contribution in [2.45, 2.75) is 19.5 Å². The van der Waals surface area contributed by atoms with Gasteiger partial charge in [0, 0.05) is 13.1 Å². The first-order chi connectivity index (χ1) is 8.13. The van der Waals surface area contributed by atoms with E-state index in [1.54, 1.807) is 19.1 Å². The number of carbonyl (C=O) groups excluding carboxylic acids is 2. The molecule has 1 aromatic heterocycles. The topological polar surface area (TPSA) is 88.6 Å². The predicted molar refractivity (Wildman–Crippen MR) is 60.1 cm³/mol. The van der Waals surface area contributed by atoms with E-state index < -0.39 is 6.04 Å². The van der Waals surface area contributed by atoms with Crippen LogP contribution in [0.4, 0.5) is 0 Å². The molecule has 2 rings (SSSR count). The molecule has 1 aliphatic rings. The number of nitrogens with one attached hydrogen (secondary N) is 1. The highest BCUT2D eigenvalue weighted by Crippen LogP contribution is 2.13. The molecule has 92 valence electrons. The first-order valence-electron chi connectivity index (χ1n) is 5.51. The molecule has 1 saturated heterocycles. The summed E-state index contributed by atoms with van der Waals surface area (Å²) in [5.41, 5.74) is 5.41. The number of carbonyl (C=O) groups is 2. The van der Waals surface area contributed by atoms with E-state index in [-0.39, 0.29) is 24.1 Å². The maximum atomic E-state index is 12.1. The molecule has 1 aliphatic heterocycles. The molecule has 1 unspecified atom stereocenters. The lowest BCUT2D eigenvalue weighted by Gasteiger charge is -2.32. The van der Waals surface area contributed by atoms with Crippen LogP contribution in [-0.2, 0) is 11.3 Å². The zero-order valence-corrected chi connectivity index (χ0v) is 9.60. The second-order valence-corrected chi connectivity index (χ2v) is 3.94. The number of hydrogen-bond donors (Lipinski definition) is 2. The number of rotatable bonds is 2. The average Bonchev–Trinajstić information content (AvgIpc) is 2.80. The monoisotopic (exact) mass is 237 g/mol. The molecule has 6 heteroatoms. The van der Waals surface area contributed by atoms with E-state index in [1.807, 2.05) is 0 Å². The Bertz CT molecular complexity index is 441. The van der Waals surface area contributed by atoms with Gasteiger partial charge in [0.1, 0.15) is 11.8 Å². The third-order valence-electron chi connectivity index (χ3n) is 2.83. The molecule has 1 atom stereocenters. The third kappa shape index (κ3) is 2.16. The summed E-state index contributed by atoms with van der Waals surface area (Å²) >= 11 is 0. The number of nitrogens with two attached hydrogens (primary N) is 1. The Hall–Kier alpha value is -1.82. The molecule has 17 heavy (non-hydrogen) atoms. The van der Waals surface area contributed by atoms with Crippen LogP contribution in [0, 0.1) is 0 Å². The highest BCUT2D eigenvalue weighted by molar-refractivity contribution is 5.96. The van der Waals surface area contributed by atoms with Gasteiger partial charge in [-0.3, -0.25) is 9.59 Å². The number of piperazine rings is 1. The van der Waals surface area contributed by atoms with Crippen molar-refractivity contribution in [1.29, 1.82) is 0 Å². The number of amides is 2. The van der Waals surface area contributed by atoms with E-state index in [2.05, 4.69) is 5.32 Å². The molecule has 2 heterocycles. The Kier molecular flexibility index (Phi) is 3.14. The third-order valence-corrected chi connectivity index (χ3v) is 2.83. The minimum atomic E-state index is -0.470. The van der Waals surface area contributed by atoms with Crippen molar-refractivity contribution >= 4 is 11.8 Å². The Morgan fingerprint density at radius 3 is 3.06 bits per heavy atom. The van der Waals surface area contributed by atoms with Crippen LogP contribution in [0.15, 0.2) is 16.5 Å². The van der Waals surface area contributed by atoms with Crippen LogP contribution < -0.4 is 11.1 Å². The number of furan rings is 1. The summed E-state index contributed by atoms with van der Waals surface area (Å²) < 4.78 is 5.28. The van der Waals surface area contributed by atoms with E-state index >= 15 is 0 Å². The molecule has 2 amide bonds. The van der Waals surface area contributed by atoms with Gasteiger partial charge in [0.15, 0.2) is 5.76 Å². The summed E-state index contributed by atoms with van der Waals surface area (Å²) in [6.07, 6.45) is 0. The summed E-state index contributed by atoms with van der Waals surface area (Å²) in [7, 11) is 0. The van der Waals surface area contributed by atoms with Crippen molar-refractivity contribution in [2.75, 3.05) is 13.1 Å². The number of nitrogens with zero attached hydrogens (tertiary/aromatic N) is 1. The normalized spacial score (nSPS) is 20.2. The van der Waals surface area contributed by atoms with Gasteiger partial charge in [-0.05, 0) is 19.1 Å². The molecular formula is C11H15N3O3. The number of hydrogen-bond acceptors (Lipinski definition) is 4. The van der Waals surface area contributed by atoms with Crippen LogP contribution in [0.5, 0.6) is 0 Å². The summed E-state index contributed by atoms with van der Waals surface area (Å²) in [5, 5.41) is 2.70. The van der Waals surface area contributed by atoms with Crippen LogP contribution in [0.2, 0.25) is 0 Å². The average molecular weight is 237 g/mol. The van der Waals surface area contributed by atoms with Gasteiger partial charge in [0.05, 0.1) is 6.54 Å². The lowest BCUT2D eigenvalue weighted by Crippen LogP contribution is -2.55. The van der Waals surface area contributed by atoms with Crippen LogP contribution in [0.25, 0.3) is 0 Å². The van der Waals surface area contributed by atoms with Gasteiger partial charge in [0.2, 0.25) is 5.91 Å². The van der Waals surface area contributed by atoms with Crippen molar-refractivity contribution in [3.63, 3.8) is 0 Å². The molecule has 0 spiro atoms. The van der Waals surface area contributed by atoms with Crippen molar-refractivity contribution in [3.05, 3.63) is 23.7 Å². The van der Waals surface area contributed by atoms with Crippen molar-refractivity contribution in [1.82, 2.24) is 10.2 Å². The molecule has 0 aromatic carbocycles. The molecular weight excluding hydrogens is 222 g/mol. The predicted octanol–water partition coefficient (Wildman–Crippen LogP) is -0.301. The molecule has 0 bridgehead atoms. The molecule has 1 fully saturated rings. The lowest BCUT2D eigenvalue weighted by molar-refractivity contribution is -0.127. The Labute approximate surface area is 98.7 Å². The van der Waals surface area contributed by atoms with Gasteiger partial charge >= 0.3 is 0 Å². The highest BCUT2D eigenvalue weighted by Gasteiger charge is 2.31. The fraction of sp³-hybridized carbons (Fsp3) is 0.455. The van der Waals surface area contributed by atoms with Crippen LogP contribution in [-0.4, -0.2) is 35.8 Å². The molecule has 0 aliphatic carbocycles. The Morgan fingerprint density at radius 2 is 2.41 bits per heavy atom. The molecule has 6 nitrogen and oxygen atoms in total. The maximum Gasteiger partial charge on any atom is 0.290 e. The molecule has 0 radical (unpaired) electrons. The molecule has 3 N–H and O–H groups in total. The van der Waals surface area contributed by atoms with Crippen LogP contribution in [0.3, 0.4) is 0 Å². The minimum Gasteiger partial charge on any atom is -0.455 e. The second-order valence-electron chi connectivity index (χ2n) is 3.94. The van der Waals surface area contributed by atoms with E-state index in [4.69, 9.17) is 10.2 Å². The summed E-state index contributed by atoms with van der Waals surface area (Å²) in [6.45, 7) is 2.91. The summed E-state index contributed by atoms with van der Waals surface area (Å²) in [4.78, 5) is 25.0. The Balaban J connectivity index is 2.16. The lowest BCUT2D eigenvalue weighted by atomic mass is 10.2. The highest BCUT2D eigenvalue weighted by atomic mass is 16.4. The van der Waals surface area contributed by atoms with Crippen molar-refractivity contribution in [3.8, 4) is 0 Å². The quantitative estimate of drug-likeness (QED) is 0.739. The van der Waals surface area contributed by atoms with Crippen LogP contribution in [0.1, 0.15) is 23.2 Å². The zero-order chi connectivity index (χ0) is 12.4. The van der Waals surface area contributed by atoms with Gasteiger partial charge < -0.3 is 20.4 Å². The first-order valence-corrected chi connectivity index (χ1v) is 5.51. The largest absolute Gasteiger partial charge is 0.455 e. The van der Waals surface area contributed by atoms with E-state index in [9.17, 15) is 9.59 Å². The van der Waals surface area contributed by atoms with E-state index in [1.165, 1.54) is 4.90 Å². The zero-order valence-electron chi connectivity index (χ0n) is 9.60. The van der Waals surface area contributed by atoms with Crippen molar-refractivity contribution in [2.24, 2.45) is 5.73 Å². The first kappa shape index (κ1) is 11.7. The van der Waals surface area contributed by atoms with Crippen molar-refractivity contribution < 1.29 is 14.0 Å². The standard InChI is InChI=1S/C11H15N3O3/c1-7-10(15)13-4-5-14(7)11(16)9-3-2-8(6-12)17-9/h2-3,7H,4-6,12H2,1H3,(H,13,15). The maximum absolute atomic E-state index is 12.1. The van der Waals surface area contributed by atoms with Gasteiger partial charge in [0.25, 0.3) is 5.91 Å². The molecule has 1 aromatic rings. The van der Waals surface area contributed by atoms with Crippen LogP contribution >= 0.6 is 0 Å². The van der Waals surface area contributed by atoms with Gasteiger partial charge in [-0.25, -0.2) is 0 Å². The summed E-state index contributed by atoms with van der Waals surface area (Å²) in [5.74, 6) is 0.372. The minimum absolute atomic E-state index is 0.143. The van der Waals surface area contributed by atoms with E-state index in [0.29, 0.717) is 18.8 Å². The fourth-order valence-electron chi connectivity index (χ4n) is 1.80. The van der Waals surface area contributed by atoms with Gasteiger partial charge in [-0.2, -0.15) is 0 Å². The van der Waals surface area contributed by atoms with Gasteiger partial charge in [-0.1, -0.05) is 0 Å². The van der Waals surface area contributed by atoms with E-state index in [0.717, 1.165) is 0 Å². The summed E-state index contributed by atoms with van der Waals surface area (Å²) in [6, 6.07) is 2.79.